The Kier molecular flexibility index (Phi) is 2.92. The van der Waals surface area contributed by atoms with Crippen LogP contribution >= 0.6 is 0 Å². The fraction of sp³-hybridized carbons (Fsp3) is 0.250. The number of nitrogens with zero attached hydrogens (tertiary/aromatic N) is 1. The molecule has 0 atom stereocenters. The first-order valence-electron chi connectivity index (χ1n) is 3.75. The van der Waals surface area contributed by atoms with E-state index < -0.39 is 35.8 Å². The van der Waals surface area contributed by atoms with Crippen LogP contribution in [0.2, 0.25) is 0 Å². The third-order valence-corrected chi connectivity index (χ3v) is 1.56. The highest BCUT2D eigenvalue weighted by Crippen LogP contribution is 2.31. The second-order valence-corrected chi connectivity index (χ2v) is 2.70. The number of carbonyl (C=O) groups is 1. The molecule has 82 valence electrons. The molecule has 7 heteroatoms. The fourth-order valence-electron chi connectivity index (χ4n) is 1.01. The van der Waals surface area contributed by atoms with Gasteiger partial charge in [-0.15, -0.1) is 0 Å². The van der Waals surface area contributed by atoms with Crippen LogP contribution in [0.5, 0.6) is 0 Å². The van der Waals surface area contributed by atoms with Crippen molar-refractivity contribution in [3.63, 3.8) is 0 Å². The largest absolute Gasteiger partial charge is 0.481 e. The molecule has 15 heavy (non-hydrogen) atoms. The van der Waals surface area contributed by atoms with E-state index in [4.69, 9.17) is 5.11 Å². The number of carboxylic acid groups (broad SMARTS) is 1. The second kappa shape index (κ2) is 3.84. The molecule has 0 amide bonds. The van der Waals surface area contributed by atoms with Crippen molar-refractivity contribution in [1.29, 1.82) is 0 Å². The Morgan fingerprint density at radius 2 is 2.00 bits per heavy atom. The molecule has 1 heterocycles. The molecule has 0 spiro atoms. The van der Waals surface area contributed by atoms with E-state index in [0.29, 0.717) is 12.1 Å². The summed E-state index contributed by atoms with van der Waals surface area (Å²) in [4.78, 5) is 13.1. The van der Waals surface area contributed by atoms with Crippen LogP contribution in [0, 0.1) is 5.95 Å². The molecule has 0 aliphatic carbocycles. The standard InChI is InChI=1S/C8H5F4NO2/c9-6-2-1-4(8(10,11)12)5(13-6)3-7(14)15/h1-2H,3H2,(H,14,15). The quantitative estimate of drug-likeness (QED) is 0.615. The van der Waals surface area contributed by atoms with Gasteiger partial charge < -0.3 is 5.11 Å². The number of pyridine rings is 1. The number of hydrogen-bond donors (Lipinski definition) is 1. The van der Waals surface area contributed by atoms with Crippen LogP contribution in [0.4, 0.5) is 17.6 Å². The predicted molar refractivity (Wildman–Crippen MR) is 40.5 cm³/mol. The van der Waals surface area contributed by atoms with Gasteiger partial charge in [-0.05, 0) is 12.1 Å². The monoisotopic (exact) mass is 223 g/mol. The van der Waals surface area contributed by atoms with E-state index in [1.807, 2.05) is 0 Å². The van der Waals surface area contributed by atoms with Gasteiger partial charge >= 0.3 is 12.1 Å². The van der Waals surface area contributed by atoms with Gasteiger partial charge in [0.1, 0.15) is 0 Å². The molecule has 0 radical (unpaired) electrons. The van der Waals surface area contributed by atoms with Crippen LogP contribution in [-0.2, 0) is 17.4 Å². The Labute approximate surface area is 81.4 Å². The second-order valence-electron chi connectivity index (χ2n) is 2.70. The molecular formula is C8H5F4NO2. The van der Waals surface area contributed by atoms with Gasteiger partial charge in [0, 0.05) is 0 Å². The zero-order valence-corrected chi connectivity index (χ0v) is 7.18. The lowest BCUT2D eigenvalue weighted by molar-refractivity contribution is -0.140. The predicted octanol–water partition coefficient (Wildman–Crippen LogP) is 1.87. The van der Waals surface area contributed by atoms with Crippen molar-refractivity contribution < 1.29 is 27.5 Å². The van der Waals surface area contributed by atoms with Crippen molar-refractivity contribution in [2.45, 2.75) is 12.6 Å². The highest BCUT2D eigenvalue weighted by molar-refractivity contribution is 5.70. The maximum atomic E-state index is 12.5. The van der Waals surface area contributed by atoms with E-state index in [-0.39, 0.29) is 0 Å². The molecule has 1 aromatic heterocycles. The van der Waals surface area contributed by atoms with Crippen LogP contribution in [-0.4, -0.2) is 16.1 Å². The zero-order chi connectivity index (χ0) is 11.6. The number of aromatic nitrogens is 1. The number of aliphatic carboxylic acids is 1. The first-order chi connectivity index (χ1) is 6.80. The van der Waals surface area contributed by atoms with Crippen molar-refractivity contribution in [2.24, 2.45) is 0 Å². The molecular weight excluding hydrogens is 218 g/mol. The van der Waals surface area contributed by atoms with Crippen molar-refractivity contribution in [3.05, 3.63) is 29.3 Å². The minimum atomic E-state index is -4.73. The van der Waals surface area contributed by atoms with Crippen LogP contribution in [0.25, 0.3) is 0 Å². The summed E-state index contributed by atoms with van der Waals surface area (Å²) in [5, 5.41) is 8.32. The van der Waals surface area contributed by atoms with E-state index in [1.165, 1.54) is 0 Å². The minimum absolute atomic E-state index is 0.473. The van der Waals surface area contributed by atoms with Crippen molar-refractivity contribution in [1.82, 2.24) is 4.98 Å². The van der Waals surface area contributed by atoms with Gasteiger partial charge in [0.2, 0.25) is 5.95 Å². The van der Waals surface area contributed by atoms with Crippen molar-refractivity contribution in [2.75, 3.05) is 0 Å². The lowest BCUT2D eigenvalue weighted by atomic mass is 10.1. The molecule has 0 saturated carbocycles. The lowest BCUT2D eigenvalue weighted by Gasteiger charge is -2.10. The molecule has 1 N–H and O–H groups in total. The van der Waals surface area contributed by atoms with E-state index in [9.17, 15) is 22.4 Å². The summed E-state index contributed by atoms with van der Waals surface area (Å²) in [6, 6.07) is 1.01. The molecule has 0 saturated heterocycles. The summed E-state index contributed by atoms with van der Waals surface area (Å²) in [7, 11) is 0. The Bertz CT molecular complexity index is 389. The summed E-state index contributed by atoms with van der Waals surface area (Å²) in [6.45, 7) is 0. The summed E-state index contributed by atoms with van der Waals surface area (Å²) in [5.74, 6) is -2.64. The molecule has 0 aliphatic rings. The Morgan fingerprint density at radius 3 is 2.47 bits per heavy atom. The van der Waals surface area contributed by atoms with Gasteiger partial charge in [-0.25, -0.2) is 4.98 Å². The number of alkyl halides is 3. The van der Waals surface area contributed by atoms with Gasteiger partial charge in [0.25, 0.3) is 0 Å². The van der Waals surface area contributed by atoms with Crippen LogP contribution in [0.3, 0.4) is 0 Å². The Hall–Kier alpha value is -1.66. The van der Waals surface area contributed by atoms with Crippen LogP contribution in [0.15, 0.2) is 12.1 Å². The normalized spacial score (nSPS) is 11.5. The average molecular weight is 223 g/mol. The summed E-state index contributed by atoms with van der Waals surface area (Å²) in [5.41, 5.74) is -2.05. The summed E-state index contributed by atoms with van der Waals surface area (Å²) >= 11 is 0. The molecule has 0 aromatic carbocycles. The van der Waals surface area contributed by atoms with Gasteiger partial charge in [-0.2, -0.15) is 17.6 Å². The smallest absolute Gasteiger partial charge is 0.418 e. The fourth-order valence-corrected chi connectivity index (χ4v) is 1.01. The number of hydrogen-bond acceptors (Lipinski definition) is 2. The zero-order valence-electron chi connectivity index (χ0n) is 7.18. The number of carboxylic acids is 1. The molecule has 0 unspecified atom stereocenters. The Morgan fingerprint density at radius 1 is 1.40 bits per heavy atom. The van der Waals surface area contributed by atoms with E-state index in [1.54, 1.807) is 0 Å². The number of rotatable bonds is 2. The summed E-state index contributed by atoms with van der Waals surface area (Å²) < 4.78 is 49.3. The highest BCUT2D eigenvalue weighted by atomic mass is 19.4. The molecule has 3 nitrogen and oxygen atoms in total. The third kappa shape index (κ3) is 2.90. The molecule has 0 bridgehead atoms. The van der Waals surface area contributed by atoms with E-state index in [0.717, 1.165) is 0 Å². The van der Waals surface area contributed by atoms with Gasteiger partial charge in [0.15, 0.2) is 0 Å². The highest BCUT2D eigenvalue weighted by Gasteiger charge is 2.34. The Balaban J connectivity index is 3.20. The molecule has 0 aliphatic heterocycles. The minimum Gasteiger partial charge on any atom is -0.481 e. The lowest BCUT2D eigenvalue weighted by Crippen LogP contribution is -2.14. The molecule has 1 rings (SSSR count). The molecule has 0 fully saturated rings. The average Bonchev–Trinajstić information content (AvgIpc) is 1.99. The van der Waals surface area contributed by atoms with Gasteiger partial charge in [-0.1, -0.05) is 0 Å². The van der Waals surface area contributed by atoms with Crippen LogP contribution in [0.1, 0.15) is 11.3 Å². The SMILES string of the molecule is O=C(O)Cc1nc(F)ccc1C(F)(F)F. The van der Waals surface area contributed by atoms with Gasteiger partial charge in [-0.3, -0.25) is 4.79 Å². The maximum Gasteiger partial charge on any atom is 0.418 e. The van der Waals surface area contributed by atoms with E-state index >= 15 is 0 Å². The topological polar surface area (TPSA) is 50.2 Å². The van der Waals surface area contributed by atoms with Crippen molar-refractivity contribution in [3.8, 4) is 0 Å². The first kappa shape index (κ1) is 11.4. The van der Waals surface area contributed by atoms with Crippen LogP contribution < -0.4 is 0 Å². The third-order valence-electron chi connectivity index (χ3n) is 1.56. The van der Waals surface area contributed by atoms with Crippen molar-refractivity contribution >= 4 is 5.97 Å². The first-order valence-corrected chi connectivity index (χ1v) is 3.75. The maximum absolute atomic E-state index is 12.5. The van der Waals surface area contributed by atoms with Gasteiger partial charge in [0.05, 0.1) is 17.7 Å². The van der Waals surface area contributed by atoms with E-state index in [2.05, 4.69) is 4.98 Å². The molecule has 1 aromatic rings. The number of halogens is 4. The summed E-state index contributed by atoms with van der Waals surface area (Å²) in [6.07, 6.45) is -5.70.